The first-order chi connectivity index (χ1) is 15.7. The molecule has 0 saturated carbocycles. The molecule has 2 heterocycles. The van der Waals surface area contributed by atoms with Crippen LogP contribution in [0.5, 0.6) is 0 Å². The van der Waals surface area contributed by atoms with Gasteiger partial charge in [0, 0.05) is 18.1 Å². The standard InChI is InChI=1S/C24H21Cl2N5O/c25-18-10-11-19(26)22(16-18)27-24(31-28-20-8-4-5-9-21(20)29-31)23(17-6-2-1-3-7-17)30-12-14-32-15-13-30/h1-11,16,23H,12-15H2. The molecule has 0 N–H and O–H groups in total. The Morgan fingerprint density at radius 3 is 2.22 bits per heavy atom. The highest BCUT2D eigenvalue weighted by atomic mass is 35.5. The predicted octanol–water partition coefficient (Wildman–Crippen LogP) is 5.39. The Balaban J connectivity index is 1.72. The second kappa shape index (κ2) is 9.38. The molecule has 0 bridgehead atoms. The zero-order chi connectivity index (χ0) is 21.9. The van der Waals surface area contributed by atoms with E-state index in [2.05, 4.69) is 17.0 Å². The topological polar surface area (TPSA) is 55.5 Å². The molecule has 6 nitrogen and oxygen atoms in total. The summed E-state index contributed by atoms with van der Waals surface area (Å²) in [5.74, 6) is 0.651. The number of hydrogen-bond acceptors (Lipinski definition) is 5. The number of hydrogen-bond donors (Lipinski definition) is 0. The lowest BCUT2D eigenvalue weighted by Gasteiger charge is -2.35. The summed E-state index contributed by atoms with van der Waals surface area (Å²) < 4.78 is 5.61. The van der Waals surface area contributed by atoms with E-state index in [4.69, 9.17) is 43.1 Å². The molecule has 1 aliphatic heterocycles. The number of halogens is 2. The van der Waals surface area contributed by atoms with Crippen LogP contribution in [0.4, 0.5) is 5.69 Å². The van der Waals surface area contributed by atoms with Crippen molar-refractivity contribution >= 4 is 45.8 Å². The number of nitrogens with zero attached hydrogens (tertiary/aromatic N) is 5. The Morgan fingerprint density at radius 2 is 1.53 bits per heavy atom. The first kappa shape index (κ1) is 21.1. The van der Waals surface area contributed by atoms with Crippen molar-refractivity contribution in [2.24, 2.45) is 4.99 Å². The fourth-order valence-electron chi connectivity index (χ4n) is 3.87. The van der Waals surface area contributed by atoms with Crippen LogP contribution in [0, 0.1) is 0 Å². The number of benzene rings is 3. The Labute approximate surface area is 196 Å². The van der Waals surface area contributed by atoms with Gasteiger partial charge >= 0.3 is 0 Å². The third kappa shape index (κ3) is 4.40. The van der Waals surface area contributed by atoms with E-state index in [9.17, 15) is 0 Å². The van der Waals surface area contributed by atoms with Crippen LogP contribution < -0.4 is 0 Å². The molecule has 1 fully saturated rings. The van der Waals surface area contributed by atoms with Gasteiger partial charge < -0.3 is 4.74 Å². The third-order valence-corrected chi connectivity index (χ3v) is 5.96. The zero-order valence-corrected chi connectivity index (χ0v) is 18.7. The number of aliphatic imine (C=N–C) groups is 1. The molecule has 0 aliphatic carbocycles. The summed E-state index contributed by atoms with van der Waals surface area (Å²) in [7, 11) is 0. The van der Waals surface area contributed by atoms with Gasteiger partial charge in [-0.2, -0.15) is 0 Å². The fourth-order valence-corrected chi connectivity index (χ4v) is 4.19. The molecule has 162 valence electrons. The molecule has 0 spiro atoms. The summed E-state index contributed by atoms with van der Waals surface area (Å²) in [5, 5.41) is 10.6. The van der Waals surface area contributed by atoms with Gasteiger partial charge in [0.1, 0.15) is 11.0 Å². The maximum absolute atomic E-state index is 6.49. The molecular weight excluding hydrogens is 445 g/mol. The fraction of sp³-hybridized carbons (Fsp3) is 0.208. The number of rotatable bonds is 4. The van der Waals surface area contributed by atoms with E-state index in [1.807, 2.05) is 42.5 Å². The lowest BCUT2D eigenvalue weighted by atomic mass is 10.0. The monoisotopic (exact) mass is 465 g/mol. The molecule has 3 aromatic carbocycles. The number of aromatic nitrogens is 3. The summed E-state index contributed by atoms with van der Waals surface area (Å²) in [6.07, 6.45) is 0. The first-order valence-electron chi connectivity index (χ1n) is 10.4. The van der Waals surface area contributed by atoms with Gasteiger partial charge in [-0.3, -0.25) is 4.90 Å². The average molecular weight is 466 g/mol. The van der Waals surface area contributed by atoms with E-state index in [0.29, 0.717) is 34.8 Å². The molecule has 5 rings (SSSR count). The largest absolute Gasteiger partial charge is 0.379 e. The molecule has 0 radical (unpaired) electrons. The second-order valence-corrected chi connectivity index (χ2v) is 8.35. The van der Waals surface area contributed by atoms with Crippen molar-refractivity contribution < 1.29 is 4.74 Å². The SMILES string of the molecule is Clc1ccc(Cl)c(N=C(C(c2ccccc2)N2CCOCC2)n2nc3ccccc3n2)c1. The van der Waals surface area contributed by atoms with Crippen LogP contribution >= 0.6 is 23.2 Å². The van der Waals surface area contributed by atoms with Gasteiger partial charge in [-0.15, -0.1) is 15.0 Å². The highest BCUT2D eigenvalue weighted by Crippen LogP contribution is 2.32. The van der Waals surface area contributed by atoms with Gasteiger partial charge in [0.05, 0.1) is 30.0 Å². The molecule has 1 aliphatic rings. The average Bonchev–Trinajstić information content (AvgIpc) is 3.26. The molecule has 4 aromatic rings. The Kier molecular flexibility index (Phi) is 6.19. The number of morpholine rings is 1. The van der Waals surface area contributed by atoms with Crippen LogP contribution in [0.25, 0.3) is 11.0 Å². The van der Waals surface area contributed by atoms with E-state index >= 15 is 0 Å². The van der Waals surface area contributed by atoms with Crippen molar-refractivity contribution in [1.82, 2.24) is 19.9 Å². The van der Waals surface area contributed by atoms with Gasteiger partial charge in [0.2, 0.25) is 0 Å². The van der Waals surface area contributed by atoms with Crippen LogP contribution in [-0.4, -0.2) is 52.0 Å². The molecular formula is C24H21Cl2N5O. The van der Waals surface area contributed by atoms with Gasteiger partial charge in [-0.1, -0.05) is 65.7 Å². The summed E-state index contributed by atoms with van der Waals surface area (Å²) in [6.45, 7) is 2.84. The summed E-state index contributed by atoms with van der Waals surface area (Å²) in [4.78, 5) is 8.95. The maximum atomic E-state index is 6.49. The second-order valence-electron chi connectivity index (χ2n) is 7.51. The van der Waals surface area contributed by atoms with Crippen LogP contribution in [0.3, 0.4) is 0 Å². The highest BCUT2D eigenvalue weighted by molar-refractivity contribution is 6.35. The Bertz CT molecular complexity index is 1220. The minimum absolute atomic E-state index is 0.197. The van der Waals surface area contributed by atoms with Crippen molar-refractivity contribution in [3.8, 4) is 0 Å². The molecule has 32 heavy (non-hydrogen) atoms. The quantitative estimate of drug-likeness (QED) is 0.299. The van der Waals surface area contributed by atoms with Gasteiger partial charge in [-0.25, -0.2) is 4.99 Å². The van der Waals surface area contributed by atoms with Crippen molar-refractivity contribution in [2.45, 2.75) is 6.04 Å². The van der Waals surface area contributed by atoms with Crippen molar-refractivity contribution in [2.75, 3.05) is 26.3 Å². The molecule has 1 aromatic heterocycles. The molecule has 1 unspecified atom stereocenters. The normalized spacial score (nSPS) is 16.4. The van der Waals surface area contributed by atoms with Crippen LogP contribution in [-0.2, 0) is 4.74 Å². The van der Waals surface area contributed by atoms with Crippen LogP contribution in [0.1, 0.15) is 11.6 Å². The molecule has 1 saturated heterocycles. The smallest absolute Gasteiger partial charge is 0.173 e. The Morgan fingerprint density at radius 1 is 0.875 bits per heavy atom. The molecule has 1 atom stereocenters. The third-order valence-electron chi connectivity index (χ3n) is 5.41. The number of fused-ring (bicyclic) bond motifs is 1. The predicted molar refractivity (Wildman–Crippen MR) is 128 cm³/mol. The minimum Gasteiger partial charge on any atom is -0.379 e. The molecule has 8 heteroatoms. The van der Waals surface area contributed by atoms with E-state index in [0.717, 1.165) is 29.7 Å². The Hall–Kier alpha value is -2.77. The van der Waals surface area contributed by atoms with Crippen LogP contribution in [0.15, 0.2) is 77.8 Å². The van der Waals surface area contributed by atoms with Crippen LogP contribution in [0.2, 0.25) is 10.0 Å². The van der Waals surface area contributed by atoms with E-state index in [1.165, 1.54) is 0 Å². The molecule has 0 amide bonds. The van der Waals surface area contributed by atoms with Gasteiger partial charge in [0.15, 0.2) is 5.84 Å². The highest BCUT2D eigenvalue weighted by Gasteiger charge is 2.30. The zero-order valence-electron chi connectivity index (χ0n) is 17.2. The van der Waals surface area contributed by atoms with E-state index in [-0.39, 0.29) is 6.04 Å². The lowest BCUT2D eigenvalue weighted by Crippen LogP contribution is -2.44. The van der Waals surface area contributed by atoms with Gasteiger partial charge in [-0.05, 0) is 35.9 Å². The van der Waals surface area contributed by atoms with Gasteiger partial charge in [0.25, 0.3) is 0 Å². The van der Waals surface area contributed by atoms with E-state index in [1.54, 1.807) is 23.0 Å². The lowest BCUT2D eigenvalue weighted by molar-refractivity contribution is 0.0279. The first-order valence-corrected chi connectivity index (χ1v) is 11.2. The minimum atomic E-state index is -0.197. The maximum Gasteiger partial charge on any atom is 0.173 e. The van der Waals surface area contributed by atoms with Crippen molar-refractivity contribution in [3.63, 3.8) is 0 Å². The summed E-state index contributed by atoms with van der Waals surface area (Å²) in [6, 6.07) is 23.1. The number of ether oxygens (including phenoxy) is 1. The summed E-state index contributed by atoms with van der Waals surface area (Å²) in [5.41, 5.74) is 3.26. The van der Waals surface area contributed by atoms with Crippen molar-refractivity contribution in [1.29, 1.82) is 0 Å². The van der Waals surface area contributed by atoms with E-state index < -0.39 is 0 Å². The van der Waals surface area contributed by atoms with Crippen molar-refractivity contribution in [3.05, 3.63) is 88.4 Å². The summed E-state index contributed by atoms with van der Waals surface area (Å²) >= 11 is 12.8.